The summed E-state index contributed by atoms with van der Waals surface area (Å²) in [5, 5.41) is 3.23. The minimum Gasteiger partial charge on any atom is -0.327 e. The molecule has 0 saturated heterocycles. The fourth-order valence-corrected chi connectivity index (χ4v) is 1.41. The first-order valence-corrected chi connectivity index (χ1v) is 5.38. The molecular weight excluding hydrogens is 191 g/mol. The van der Waals surface area contributed by atoms with Crippen LogP contribution >= 0.6 is 0 Å². The van der Waals surface area contributed by atoms with Crippen LogP contribution in [0.4, 0.5) is 4.39 Å². The van der Waals surface area contributed by atoms with Gasteiger partial charge >= 0.3 is 0 Å². The summed E-state index contributed by atoms with van der Waals surface area (Å²) < 4.78 is 13.4. The lowest BCUT2D eigenvalue weighted by atomic mass is 10.1. The van der Waals surface area contributed by atoms with Gasteiger partial charge in [-0.2, -0.15) is 0 Å². The van der Waals surface area contributed by atoms with Crippen LogP contribution in [0.2, 0.25) is 0 Å². The van der Waals surface area contributed by atoms with E-state index in [1.165, 1.54) is 6.07 Å². The highest BCUT2D eigenvalue weighted by Crippen LogP contribution is 2.15. The summed E-state index contributed by atoms with van der Waals surface area (Å²) in [6.45, 7) is 4.70. The molecule has 1 aromatic carbocycles. The molecule has 84 valence electrons. The first kappa shape index (κ1) is 12.1. The van der Waals surface area contributed by atoms with E-state index in [4.69, 9.17) is 5.73 Å². The molecule has 0 aliphatic rings. The van der Waals surface area contributed by atoms with E-state index in [1.54, 1.807) is 12.1 Å². The van der Waals surface area contributed by atoms with E-state index in [1.807, 2.05) is 19.9 Å². The van der Waals surface area contributed by atoms with Crippen molar-refractivity contribution in [3.8, 4) is 0 Å². The molecule has 0 saturated carbocycles. The van der Waals surface area contributed by atoms with Crippen molar-refractivity contribution in [3.05, 3.63) is 35.6 Å². The highest BCUT2D eigenvalue weighted by Gasteiger charge is 2.10. The van der Waals surface area contributed by atoms with Crippen LogP contribution in [0, 0.1) is 5.82 Å². The molecule has 0 aliphatic carbocycles. The molecule has 0 bridgehead atoms. The lowest BCUT2D eigenvalue weighted by molar-refractivity contribution is 0.489. The number of rotatable bonds is 5. The summed E-state index contributed by atoms with van der Waals surface area (Å²) in [5.74, 6) is -0.164. The molecule has 0 aliphatic heterocycles. The van der Waals surface area contributed by atoms with Gasteiger partial charge in [-0.15, -0.1) is 0 Å². The van der Waals surface area contributed by atoms with Crippen LogP contribution in [0.15, 0.2) is 24.3 Å². The van der Waals surface area contributed by atoms with Crippen LogP contribution in [0.5, 0.6) is 0 Å². The third kappa shape index (κ3) is 3.61. The van der Waals surface area contributed by atoms with Gasteiger partial charge in [0, 0.05) is 24.2 Å². The molecule has 3 heteroatoms. The molecular formula is C12H19FN2. The molecule has 1 unspecified atom stereocenters. The maximum Gasteiger partial charge on any atom is 0.127 e. The number of nitrogens with one attached hydrogen (secondary N) is 1. The summed E-state index contributed by atoms with van der Waals surface area (Å²) in [6.07, 6.45) is 0.928. The molecule has 2 atom stereocenters. The summed E-state index contributed by atoms with van der Waals surface area (Å²) in [4.78, 5) is 0. The van der Waals surface area contributed by atoms with Crippen LogP contribution < -0.4 is 11.1 Å². The van der Waals surface area contributed by atoms with Gasteiger partial charge in [-0.3, -0.25) is 0 Å². The summed E-state index contributed by atoms with van der Waals surface area (Å²) in [7, 11) is 0. The average molecular weight is 210 g/mol. The SMILES string of the molecule is CCC(N)CN[C@@H](C)c1ccccc1F. The average Bonchev–Trinajstić information content (AvgIpc) is 2.26. The van der Waals surface area contributed by atoms with Gasteiger partial charge in [0.15, 0.2) is 0 Å². The molecule has 1 rings (SSSR count). The zero-order valence-corrected chi connectivity index (χ0v) is 9.33. The van der Waals surface area contributed by atoms with Gasteiger partial charge in [-0.1, -0.05) is 25.1 Å². The van der Waals surface area contributed by atoms with E-state index in [-0.39, 0.29) is 17.9 Å². The second kappa shape index (κ2) is 5.83. The number of halogens is 1. The van der Waals surface area contributed by atoms with E-state index < -0.39 is 0 Å². The number of hydrogen-bond donors (Lipinski definition) is 2. The third-order valence-corrected chi connectivity index (χ3v) is 2.58. The van der Waals surface area contributed by atoms with Crippen molar-refractivity contribution in [1.29, 1.82) is 0 Å². The van der Waals surface area contributed by atoms with Gasteiger partial charge in [-0.05, 0) is 19.4 Å². The Hall–Kier alpha value is -0.930. The predicted molar refractivity (Wildman–Crippen MR) is 61.1 cm³/mol. The first-order valence-electron chi connectivity index (χ1n) is 5.38. The topological polar surface area (TPSA) is 38.0 Å². The lowest BCUT2D eigenvalue weighted by Gasteiger charge is -2.17. The fraction of sp³-hybridized carbons (Fsp3) is 0.500. The van der Waals surface area contributed by atoms with E-state index in [9.17, 15) is 4.39 Å². The molecule has 0 amide bonds. The summed E-state index contributed by atoms with van der Waals surface area (Å²) >= 11 is 0. The second-order valence-electron chi connectivity index (χ2n) is 3.82. The summed E-state index contributed by atoms with van der Waals surface area (Å²) in [5.41, 5.74) is 6.48. The number of hydrogen-bond acceptors (Lipinski definition) is 2. The quantitative estimate of drug-likeness (QED) is 0.782. The van der Waals surface area contributed by atoms with Gasteiger partial charge in [0.05, 0.1) is 0 Å². The zero-order chi connectivity index (χ0) is 11.3. The van der Waals surface area contributed by atoms with Gasteiger partial charge < -0.3 is 11.1 Å². The van der Waals surface area contributed by atoms with Gasteiger partial charge in [0.2, 0.25) is 0 Å². The Balaban J connectivity index is 2.54. The zero-order valence-electron chi connectivity index (χ0n) is 9.33. The Labute approximate surface area is 90.7 Å². The van der Waals surface area contributed by atoms with E-state index in [0.29, 0.717) is 12.1 Å². The van der Waals surface area contributed by atoms with Crippen molar-refractivity contribution in [2.45, 2.75) is 32.4 Å². The molecule has 0 fully saturated rings. The van der Waals surface area contributed by atoms with E-state index in [2.05, 4.69) is 5.32 Å². The molecule has 1 aromatic rings. The van der Waals surface area contributed by atoms with Crippen molar-refractivity contribution in [2.75, 3.05) is 6.54 Å². The maximum atomic E-state index is 13.4. The van der Waals surface area contributed by atoms with Crippen LogP contribution in [-0.4, -0.2) is 12.6 Å². The minimum atomic E-state index is -0.164. The van der Waals surface area contributed by atoms with Crippen LogP contribution in [0.1, 0.15) is 31.9 Å². The Morgan fingerprint density at radius 3 is 2.67 bits per heavy atom. The standard InChI is InChI=1S/C12H19FN2/c1-3-10(14)8-15-9(2)11-6-4-5-7-12(11)13/h4-7,9-10,15H,3,8,14H2,1-2H3/t9-,10?/m0/s1. The first-order chi connectivity index (χ1) is 7.15. The number of nitrogens with two attached hydrogens (primary N) is 1. The Bertz CT molecular complexity index is 301. The minimum absolute atomic E-state index is 0.00352. The largest absolute Gasteiger partial charge is 0.327 e. The smallest absolute Gasteiger partial charge is 0.127 e. The van der Waals surface area contributed by atoms with Crippen molar-refractivity contribution in [3.63, 3.8) is 0 Å². The van der Waals surface area contributed by atoms with Crippen molar-refractivity contribution in [2.24, 2.45) is 5.73 Å². The molecule has 0 aromatic heterocycles. The van der Waals surface area contributed by atoms with Crippen LogP contribution in [0.3, 0.4) is 0 Å². The van der Waals surface area contributed by atoms with Gasteiger partial charge in [0.1, 0.15) is 5.82 Å². The third-order valence-electron chi connectivity index (χ3n) is 2.58. The van der Waals surface area contributed by atoms with Crippen LogP contribution in [0.25, 0.3) is 0 Å². The van der Waals surface area contributed by atoms with Crippen molar-refractivity contribution < 1.29 is 4.39 Å². The van der Waals surface area contributed by atoms with E-state index in [0.717, 1.165) is 6.42 Å². The summed E-state index contributed by atoms with van der Waals surface area (Å²) in [6, 6.07) is 6.96. The monoisotopic (exact) mass is 210 g/mol. The Morgan fingerprint density at radius 1 is 1.40 bits per heavy atom. The van der Waals surface area contributed by atoms with Crippen LogP contribution in [-0.2, 0) is 0 Å². The van der Waals surface area contributed by atoms with Crippen molar-refractivity contribution in [1.82, 2.24) is 5.32 Å². The van der Waals surface area contributed by atoms with E-state index >= 15 is 0 Å². The molecule has 0 radical (unpaired) electrons. The molecule has 0 heterocycles. The highest BCUT2D eigenvalue weighted by atomic mass is 19.1. The molecule has 2 nitrogen and oxygen atoms in total. The van der Waals surface area contributed by atoms with Crippen molar-refractivity contribution >= 4 is 0 Å². The number of benzene rings is 1. The highest BCUT2D eigenvalue weighted by molar-refractivity contribution is 5.20. The lowest BCUT2D eigenvalue weighted by Crippen LogP contribution is -2.34. The maximum absolute atomic E-state index is 13.4. The second-order valence-corrected chi connectivity index (χ2v) is 3.82. The molecule has 15 heavy (non-hydrogen) atoms. The van der Waals surface area contributed by atoms with Gasteiger partial charge in [-0.25, -0.2) is 4.39 Å². The Kier molecular flexibility index (Phi) is 4.72. The normalized spacial score (nSPS) is 14.9. The predicted octanol–water partition coefficient (Wildman–Crippen LogP) is 2.21. The Morgan fingerprint density at radius 2 is 2.07 bits per heavy atom. The molecule has 3 N–H and O–H groups in total. The fourth-order valence-electron chi connectivity index (χ4n) is 1.41. The molecule has 0 spiro atoms. The van der Waals surface area contributed by atoms with Gasteiger partial charge in [0.25, 0.3) is 0 Å².